The monoisotopic (exact) mass is 418 g/mol. The minimum absolute atomic E-state index is 0.0580. The number of ether oxygens (including phenoxy) is 1. The van der Waals surface area contributed by atoms with E-state index >= 15 is 0 Å². The zero-order valence-corrected chi connectivity index (χ0v) is 17.3. The number of imide groups is 1. The van der Waals surface area contributed by atoms with Gasteiger partial charge in [-0.1, -0.05) is 12.1 Å². The molecule has 1 spiro atoms. The molecule has 1 aliphatic heterocycles. The molecule has 1 unspecified atom stereocenters. The number of amides is 3. The number of pyridine rings is 1. The third-order valence-electron chi connectivity index (χ3n) is 6.13. The Labute approximate surface area is 178 Å². The first-order valence-electron chi connectivity index (χ1n) is 10.2. The number of rotatable bonds is 3. The molecule has 3 heterocycles. The summed E-state index contributed by atoms with van der Waals surface area (Å²) in [6.45, 7) is 1.83. The van der Waals surface area contributed by atoms with Crippen molar-refractivity contribution < 1.29 is 14.3 Å². The maximum Gasteiger partial charge on any atom is 0.325 e. The van der Waals surface area contributed by atoms with Gasteiger partial charge in [-0.3, -0.25) is 18.9 Å². The summed E-state index contributed by atoms with van der Waals surface area (Å²) in [6.07, 6.45) is 3.83. The summed E-state index contributed by atoms with van der Waals surface area (Å²) in [6, 6.07) is 10.1. The SMILES string of the molecule is COc1ccc2c(c1)CCCC21NC(=O)N(Cc2cc(=O)n3cc(C)ccc3n2)C1=O. The van der Waals surface area contributed by atoms with E-state index < -0.39 is 11.6 Å². The van der Waals surface area contributed by atoms with Crippen LogP contribution in [0.1, 0.15) is 35.2 Å². The molecule has 1 aromatic carbocycles. The molecule has 8 heteroatoms. The molecule has 1 atom stereocenters. The van der Waals surface area contributed by atoms with Crippen molar-refractivity contribution in [2.75, 3.05) is 7.11 Å². The summed E-state index contributed by atoms with van der Waals surface area (Å²) in [7, 11) is 1.60. The van der Waals surface area contributed by atoms with E-state index in [9.17, 15) is 14.4 Å². The lowest BCUT2D eigenvalue weighted by molar-refractivity contribution is -0.132. The molecular weight excluding hydrogens is 396 g/mol. The summed E-state index contributed by atoms with van der Waals surface area (Å²) in [4.78, 5) is 44.5. The third kappa shape index (κ3) is 2.98. The Morgan fingerprint density at radius 3 is 2.81 bits per heavy atom. The van der Waals surface area contributed by atoms with Crippen LogP contribution in [-0.2, 0) is 23.3 Å². The number of carbonyl (C=O) groups is 2. The van der Waals surface area contributed by atoms with E-state index in [4.69, 9.17) is 4.74 Å². The molecule has 1 N–H and O–H groups in total. The number of benzene rings is 1. The quantitative estimate of drug-likeness (QED) is 0.659. The van der Waals surface area contributed by atoms with Crippen molar-refractivity contribution in [1.82, 2.24) is 19.6 Å². The smallest absolute Gasteiger partial charge is 0.325 e. The van der Waals surface area contributed by atoms with Gasteiger partial charge in [-0.05, 0) is 61.1 Å². The average molecular weight is 418 g/mol. The van der Waals surface area contributed by atoms with Crippen molar-refractivity contribution >= 4 is 17.6 Å². The second kappa shape index (κ2) is 6.94. The van der Waals surface area contributed by atoms with Gasteiger partial charge in [0.25, 0.3) is 11.5 Å². The van der Waals surface area contributed by atoms with Crippen molar-refractivity contribution in [1.29, 1.82) is 0 Å². The highest BCUT2D eigenvalue weighted by molar-refractivity contribution is 6.07. The molecule has 1 aliphatic carbocycles. The van der Waals surface area contributed by atoms with Gasteiger partial charge in [0, 0.05) is 12.3 Å². The zero-order valence-electron chi connectivity index (χ0n) is 17.3. The van der Waals surface area contributed by atoms with E-state index in [1.54, 1.807) is 19.4 Å². The predicted octanol–water partition coefficient (Wildman–Crippen LogP) is 2.30. The summed E-state index contributed by atoms with van der Waals surface area (Å²) in [5.74, 6) is 0.412. The van der Waals surface area contributed by atoms with Crippen molar-refractivity contribution in [2.24, 2.45) is 0 Å². The number of nitrogens with zero attached hydrogens (tertiary/aromatic N) is 3. The molecule has 3 amide bonds. The van der Waals surface area contributed by atoms with Crippen LogP contribution in [0.5, 0.6) is 5.75 Å². The average Bonchev–Trinajstić information content (AvgIpc) is 2.99. The van der Waals surface area contributed by atoms with Crippen LogP contribution in [0.4, 0.5) is 4.79 Å². The van der Waals surface area contributed by atoms with Crippen LogP contribution in [0.15, 0.2) is 47.4 Å². The van der Waals surface area contributed by atoms with Gasteiger partial charge >= 0.3 is 6.03 Å². The fourth-order valence-electron chi connectivity index (χ4n) is 4.62. The lowest BCUT2D eigenvalue weighted by Crippen LogP contribution is -2.46. The van der Waals surface area contributed by atoms with Crippen LogP contribution < -0.4 is 15.6 Å². The van der Waals surface area contributed by atoms with Crippen molar-refractivity contribution in [3.63, 3.8) is 0 Å². The number of aryl methyl sites for hydroxylation is 2. The first kappa shape index (κ1) is 19.3. The molecule has 0 radical (unpaired) electrons. The van der Waals surface area contributed by atoms with Gasteiger partial charge in [-0.25, -0.2) is 9.78 Å². The number of fused-ring (bicyclic) bond motifs is 3. The standard InChI is InChI=1S/C23H22N4O4/c1-14-5-8-19-24-16(11-20(28)26(19)12-14)13-27-21(29)23(25-22(27)30)9-3-4-15-10-17(31-2)6-7-18(15)23/h5-8,10-12H,3-4,9,13H2,1-2H3,(H,25,30). The number of hydrogen-bond acceptors (Lipinski definition) is 5. The van der Waals surface area contributed by atoms with Gasteiger partial charge in [0.1, 0.15) is 16.9 Å². The molecule has 1 fully saturated rings. The van der Waals surface area contributed by atoms with E-state index in [0.717, 1.165) is 40.2 Å². The Balaban J connectivity index is 1.50. The number of hydrogen-bond donors (Lipinski definition) is 1. The Bertz CT molecular complexity index is 1300. The lowest BCUT2D eigenvalue weighted by Gasteiger charge is -2.33. The van der Waals surface area contributed by atoms with Crippen LogP contribution in [0.3, 0.4) is 0 Å². The molecule has 0 saturated carbocycles. The summed E-state index contributed by atoms with van der Waals surface area (Å²) < 4.78 is 6.77. The van der Waals surface area contributed by atoms with Crippen molar-refractivity contribution in [3.8, 4) is 5.75 Å². The highest BCUT2D eigenvalue weighted by Crippen LogP contribution is 2.41. The van der Waals surface area contributed by atoms with Crippen LogP contribution in [0.25, 0.3) is 5.65 Å². The summed E-state index contributed by atoms with van der Waals surface area (Å²) in [5, 5.41) is 2.93. The minimum Gasteiger partial charge on any atom is -0.497 e. The lowest BCUT2D eigenvalue weighted by atomic mass is 9.76. The van der Waals surface area contributed by atoms with E-state index in [0.29, 0.717) is 17.8 Å². The predicted molar refractivity (Wildman–Crippen MR) is 113 cm³/mol. The molecular formula is C23H22N4O4. The molecule has 5 rings (SSSR count). The Morgan fingerprint density at radius 1 is 1.16 bits per heavy atom. The van der Waals surface area contributed by atoms with Crippen LogP contribution in [0, 0.1) is 6.92 Å². The molecule has 8 nitrogen and oxygen atoms in total. The summed E-state index contributed by atoms with van der Waals surface area (Å²) in [5.41, 5.74) is 2.26. The van der Waals surface area contributed by atoms with Crippen LogP contribution >= 0.6 is 0 Å². The number of nitrogens with one attached hydrogen (secondary N) is 1. The van der Waals surface area contributed by atoms with Gasteiger partial charge in [-0.15, -0.1) is 0 Å². The van der Waals surface area contributed by atoms with Crippen molar-refractivity contribution in [2.45, 2.75) is 38.3 Å². The van der Waals surface area contributed by atoms with Crippen molar-refractivity contribution in [3.05, 3.63) is 75.3 Å². The molecule has 158 valence electrons. The summed E-state index contributed by atoms with van der Waals surface area (Å²) >= 11 is 0. The second-order valence-corrected chi connectivity index (χ2v) is 8.12. The topological polar surface area (TPSA) is 93.0 Å². The first-order valence-corrected chi connectivity index (χ1v) is 10.2. The maximum absolute atomic E-state index is 13.5. The van der Waals surface area contributed by atoms with Gasteiger partial charge in [0.2, 0.25) is 0 Å². The number of carbonyl (C=O) groups excluding carboxylic acids is 2. The van der Waals surface area contributed by atoms with E-state index in [1.807, 2.05) is 31.2 Å². The van der Waals surface area contributed by atoms with Gasteiger partial charge in [0.15, 0.2) is 0 Å². The maximum atomic E-state index is 13.5. The highest BCUT2D eigenvalue weighted by atomic mass is 16.5. The largest absolute Gasteiger partial charge is 0.497 e. The number of aromatic nitrogens is 2. The van der Waals surface area contributed by atoms with Crippen LogP contribution in [-0.4, -0.2) is 33.3 Å². The molecule has 3 aromatic rings. The fraction of sp³-hybridized carbons (Fsp3) is 0.304. The molecule has 1 saturated heterocycles. The van der Waals surface area contributed by atoms with E-state index in [1.165, 1.54) is 10.5 Å². The van der Waals surface area contributed by atoms with Crippen LogP contribution in [0.2, 0.25) is 0 Å². The fourth-order valence-corrected chi connectivity index (χ4v) is 4.62. The third-order valence-corrected chi connectivity index (χ3v) is 6.13. The number of urea groups is 1. The Morgan fingerprint density at radius 2 is 2.00 bits per heavy atom. The molecule has 2 aromatic heterocycles. The van der Waals surface area contributed by atoms with E-state index in [2.05, 4.69) is 10.3 Å². The van der Waals surface area contributed by atoms with Gasteiger partial charge in [0.05, 0.1) is 19.3 Å². The minimum atomic E-state index is -1.08. The zero-order chi connectivity index (χ0) is 21.8. The van der Waals surface area contributed by atoms with Gasteiger partial charge in [-0.2, -0.15) is 0 Å². The molecule has 2 aliphatic rings. The van der Waals surface area contributed by atoms with Gasteiger partial charge < -0.3 is 10.1 Å². The number of methoxy groups -OCH3 is 1. The van der Waals surface area contributed by atoms with E-state index in [-0.39, 0.29) is 18.0 Å². The first-order chi connectivity index (χ1) is 14.9. The normalized spacial score (nSPS) is 20.3. The second-order valence-electron chi connectivity index (χ2n) is 8.12. The Hall–Kier alpha value is -3.68. The highest BCUT2D eigenvalue weighted by Gasteiger charge is 2.54. The Kier molecular flexibility index (Phi) is 4.32. The molecule has 31 heavy (non-hydrogen) atoms. The molecule has 0 bridgehead atoms.